The number of rotatable bonds is 3. The summed E-state index contributed by atoms with van der Waals surface area (Å²) in [7, 11) is 0. The third-order valence-electron chi connectivity index (χ3n) is 3.81. The van der Waals surface area contributed by atoms with E-state index in [1.54, 1.807) is 6.20 Å². The number of hydrogen-bond donors (Lipinski definition) is 0. The van der Waals surface area contributed by atoms with Crippen molar-refractivity contribution in [1.82, 2.24) is 14.8 Å². The Morgan fingerprint density at radius 3 is 2.75 bits per heavy atom. The van der Waals surface area contributed by atoms with Gasteiger partial charge in [-0.15, -0.1) is 0 Å². The van der Waals surface area contributed by atoms with Crippen LogP contribution in [0.25, 0.3) is 11.3 Å². The van der Waals surface area contributed by atoms with Crippen molar-refractivity contribution in [2.45, 2.75) is 38.1 Å². The first-order valence-electron chi connectivity index (χ1n) is 6.93. The van der Waals surface area contributed by atoms with Gasteiger partial charge in [0.15, 0.2) is 6.29 Å². The highest BCUT2D eigenvalue weighted by atomic mass is 19.1. The number of aldehydes is 1. The zero-order valence-electron chi connectivity index (χ0n) is 11.1. The molecule has 0 unspecified atom stereocenters. The third kappa shape index (κ3) is 2.48. The monoisotopic (exact) mass is 273 g/mol. The Hall–Kier alpha value is -2.04. The first-order chi connectivity index (χ1) is 9.78. The van der Waals surface area contributed by atoms with Crippen LogP contribution in [0.4, 0.5) is 4.39 Å². The van der Waals surface area contributed by atoms with E-state index in [9.17, 15) is 9.18 Å². The minimum Gasteiger partial charge on any atom is -0.298 e. The summed E-state index contributed by atoms with van der Waals surface area (Å²) < 4.78 is 15.1. The van der Waals surface area contributed by atoms with Crippen LogP contribution in [0.2, 0.25) is 0 Å². The number of hydrogen-bond acceptors (Lipinski definition) is 3. The van der Waals surface area contributed by atoms with Crippen LogP contribution in [-0.4, -0.2) is 21.1 Å². The van der Waals surface area contributed by atoms with Crippen molar-refractivity contribution >= 4 is 6.29 Å². The lowest BCUT2D eigenvalue weighted by Crippen LogP contribution is -2.13. The average Bonchev–Trinajstić information content (AvgIpc) is 2.92. The zero-order chi connectivity index (χ0) is 13.9. The summed E-state index contributed by atoms with van der Waals surface area (Å²) in [4.78, 5) is 15.0. The summed E-state index contributed by atoms with van der Waals surface area (Å²) in [5.41, 5.74) is 1.54. The molecule has 0 saturated heterocycles. The lowest BCUT2D eigenvalue weighted by Gasteiger charge is -2.21. The molecule has 1 aliphatic rings. The molecule has 0 N–H and O–H groups in total. The molecule has 1 saturated carbocycles. The molecule has 2 aromatic rings. The van der Waals surface area contributed by atoms with Crippen molar-refractivity contribution in [3.63, 3.8) is 0 Å². The zero-order valence-corrected chi connectivity index (χ0v) is 11.1. The van der Waals surface area contributed by atoms with Gasteiger partial charge in [-0.25, -0.2) is 4.39 Å². The average molecular weight is 273 g/mol. The fourth-order valence-electron chi connectivity index (χ4n) is 2.79. The van der Waals surface area contributed by atoms with Gasteiger partial charge in [0, 0.05) is 18.0 Å². The SMILES string of the molecule is O=Cc1cn(C2CCCCC2)nc1-c1cncc(F)c1. The van der Waals surface area contributed by atoms with Crippen molar-refractivity contribution in [2.24, 2.45) is 0 Å². The van der Waals surface area contributed by atoms with Gasteiger partial charge in [-0.3, -0.25) is 14.5 Å². The molecule has 3 rings (SSSR count). The molecule has 1 aliphatic carbocycles. The predicted molar refractivity (Wildman–Crippen MR) is 72.9 cm³/mol. The number of pyridine rings is 1. The van der Waals surface area contributed by atoms with Crippen LogP contribution in [0.1, 0.15) is 48.5 Å². The summed E-state index contributed by atoms with van der Waals surface area (Å²) >= 11 is 0. The molecular formula is C15H16FN3O. The molecule has 1 fully saturated rings. The van der Waals surface area contributed by atoms with Crippen LogP contribution < -0.4 is 0 Å². The quantitative estimate of drug-likeness (QED) is 0.805. The number of carbonyl (C=O) groups excluding carboxylic acids is 1. The van der Waals surface area contributed by atoms with Crippen LogP contribution in [0.5, 0.6) is 0 Å². The molecule has 0 aliphatic heterocycles. The minimum absolute atomic E-state index is 0.345. The predicted octanol–water partition coefficient (Wildman–Crippen LogP) is 3.40. The standard InChI is InChI=1S/C15H16FN3O/c16-13-6-11(7-17-8-13)15-12(10-20)9-19(18-15)14-4-2-1-3-5-14/h6-10,14H,1-5H2. The molecule has 0 spiro atoms. The van der Waals surface area contributed by atoms with Gasteiger partial charge in [-0.1, -0.05) is 19.3 Å². The Bertz CT molecular complexity index is 617. The van der Waals surface area contributed by atoms with E-state index in [0.29, 0.717) is 22.9 Å². The second-order valence-electron chi connectivity index (χ2n) is 5.21. The molecule has 20 heavy (non-hydrogen) atoms. The molecule has 0 bridgehead atoms. The van der Waals surface area contributed by atoms with Crippen LogP contribution in [-0.2, 0) is 0 Å². The van der Waals surface area contributed by atoms with Gasteiger partial charge in [0.25, 0.3) is 0 Å². The van der Waals surface area contributed by atoms with E-state index < -0.39 is 5.82 Å². The summed E-state index contributed by atoms with van der Waals surface area (Å²) in [5, 5.41) is 4.49. The maximum absolute atomic E-state index is 13.3. The Morgan fingerprint density at radius 1 is 1.25 bits per heavy atom. The lowest BCUT2D eigenvalue weighted by molar-refractivity contribution is 0.112. The normalized spacial score (nSPS) is 16.2. The topological polar surface area (TPSA) is 47.8 Å². The van der Waals surface area contributed by atoms with Crippen molar-refractivity contribution in [2.75, 3.05) is 0 Å². The molecule has 2 heterocycles. The Morgan fingerprint density at radius 2 is 2.05 bits per heavy atom. The van der Waals surface area contributed by atoms with Crippen LogP contribution in [0, 0.1) is 5.82 Å². The summed E-state index contributed by atoms with van der Waals surface area (Å²) in [6.07, 6.45) is 11.0. The maximum Gasteiger partial charge on any atom is 0.153 e. The first kappa shape index (κ1) is 13.0. The lowest BCUT2D eigenvalue weighted by atomic mass is 9.96. The van der Waals surface area contributed by atoms with Gasteiger partial charge >= 0.3 is 0 Å². The van der Waals surface area contributed by atoms with E-state index in [1.165, 1.54) is 31.5 Å². The highest BCUT2D eigenvalue weighted by Gasteiger charge is 2.19. The van der Waals surface area contributed by atoms with Gasteiger partial charge in [-0.05, 0) is 18.9 Å². The Kier molecular flexibility index (Phi) is 3.58. The fraction of sp³-hybridized carbons (Fsp3) is 0.400. The number of aromatic nitrogens is 3. The summed E-state index contributed by atoms with van der Waals surface area (Å²) in [6, 6.07) is 1.70. The third-order valence-corrected chi connectivity index (χ3v) is 3.81. The molecule has 0 atom stereocenters. The summed E-state index contributed by atoms with van der Waals surface area (Å²) in [6.45, 7) is 0. The second kappa shape index (κ2) is 5.53. The number of nitrogens with zero attached hydrogens (tertiary/aromatic N) is 3. The van der Waals surface area contributed by atoms with E-state index in [4.69, 9.17) is 0 Å². The number of carbonyl (C=O) groups is 1. The van der Waals surface area contributed by atoms with Crippen LogP contribution >= 0.6 is 0 Å². The van der Waals surface area contributed by atoms with Crippen LogP contribution in [0.15, 0.2) is 24.7 Å². The smallest absolute Gasteiger partial charge is 0.153 e. The molecule has 104 valence electrons. The van der Waals surface area contributed by atoms with Crippen molar-refractivity contribution in [3.05, 3.63) is 36.0 Å². The van der Waals surface area contributed by atoms with E-state index >= 15 is 0 Å². The first-order valence-corrected chi connectivity index (χ1v) is 6.93. The summed E-state index contributed by atoms with van der Waals surface area (Å²) in [5.74, 6) is -0.424. The minimum atomic E-state index is -0.424. The van der Waals surface area contributed by atoms with E-state index in [2.05, 4.69) is 10.1 Å². The Balaban J connectivity index is 1.98. The molecule has 4 nitrogen and oxygen atoms in total. The highest BCUT2D eigenvalue weighted by Crippen LogP contribution is 2.30. The largest absolute Gasteiger partial charge is 0.298 e. The highest BCUT2D eigenvalue weighted by molar-refractivity contribution is 5.85. The number of halogens is 1. The van der Waals surface area contributed by atoms with E-state index in [1.807, 2.05) is 4.68 Å². The van der Waals surface area contributed by atoms with Crippen molar-refractivity contribution in [3.8, 4) is 11.3 Å². The maximum atomic E-state index is 13.3. The van der Waals surface area contributed by atoms with Gasteiger partial charge in [0.05, 0.1) is 17.8 Å². The second-order valence-corrected chi connectivity index (χ2v) is 5.21. The van der Waals surface area contributed by atoms with Crippen molar-refractivity contribution < 1.29 is 9.18 Å². The van der Waals surface area contributed by atoms with Gasteiger partial charge in [0.2, 0.25) is 0 Å². The van der Waals surface area contributed by atoms with E-state index in [0.717, 1.165) is 25.3 Å². The van der Waals surface area contributed by atoms with Gasteiger partial charge < -0.3 is 0 Å². The van der Waals surface area contributed by atoms with Gasteiger partial charge in [0.1, 0.15) is 11.5 Å². The molecular weight excluding hydrogens is 257 g/mol. The molecule has 0 aromatic carbocycles. The molecule has 2 aromatic heterocycles. The van der Waals surface area contributed by atoms with Gasteiger partial charge in [-0.2, -0.15) is 5.10 Å². The fourth-order valence-corrected chi connectivity index (χ4v) is 2.79. The molecule has 0 radical (unpaired) electrons. The van der Waals surface area contributed by atoms with Crippen molar-refractivity contribution in [1.29, 1.82) is 0 Å². The van der Waals surface area contributed by atoms with E-state index in [-0.39, 0.29) is 0 Å². The molecule has 0 amide bonds. The Labute approximate surface area is 116 Å². The molecule has 5 heteroatoms. The van der Waals surface area contributed by atoms with Crippen LogP contribution in [0.3, 0.4) is 0 Å².